The van der Waals surface area contributed by atoms with Crippen LogP contribution in [0.3, 0.4) is 0 Å². The minimum atomic E-state index is -0.527. The van der Waals surface area contributed by atoms with Gasteiger partial charge in [-0.15, -0.1) is 0 Å². The first-order valence-corrected chi connectivity index (χ1v) is 4.65. The minimum absolute atomic E-state index is 0.527. The molecule has 0 rings (SSSR count). The lowest BCUT2D eigenvalue weighted by atomic mass is 10.4. The molecule has 0 radical (unpaired) electrons. The average molecular weight is 134 g/mol. The molecule has 0 unspecified atom stereocenters. The molecule has 0 aromatic carbocycles. The highest BCUT2D eigenvalue weighted by Gasteiger charge is 1.97. The molecular weight excluding hydrogens is 120 g/mol. The molecule has 0 heterocycles. The number of hydrogen-bond donors (Lipinski definition) is 0. The van der Waals surface area contributed by atoms with Crippen LogP contribution in [0.25, 0.3) is 0 Å². The van der Waals surface area contributed by atoms with Crippen LogP contribution in [0, 0.1) is 0 Å². The van der Waals surface area contributed by atoms with Gasteiger partial charge in [0.05, 0.1) is 0 Å². The molecule has 0 saturated carbocycles. The second-order valence-electron chi connectivity index (χ2n) is 1.79. The Morgan fingerprint density at radius 1 is 1.38 bits per heavy atom. The van der Waals surface area contributed by atoms with E-state index in [-0.39, 0.29) is 0 Å². The second-order valence-corrected chi connectivity index (χ2v) is 3.65. The Bertz CT molecular complexity index is 47.8. The van der Waals surface area contributed by atoms with Gasteiger partial charge in [0.2, 0.25) is 0 Å². The van der Waals surface area contributed by atoms with Gasteiger partial charge in [-0.05, 0) is 13.3 Å². The Labute approximate surface area is 54.7 Å². The zero-order valence-corrected chi connectivity index (χ0v) is 6.46. The van der Waals surface area contributed by atoms with Crippen molar-refractivity contribution in [3.63, 3.8) is 0 Å². The molecule has 0 aliphatic rings. The summed E-state index contributed by atoms with van der Waals surface area (Å²) in [6, 6.07) is 0. The predicted molar refractivity (Wildman–Crippen MR) is 38.5 cm³/mol. The molecule has 0 amide bonds. The van der Waals surface area contributed by atoms with Crippen LogP contribution < -0.4 is 0 Å². The molecule has 50 valence electrons. The molecule has 0 aliphatic carbocycles. The summed E-state index contributed by atoms with van der Waals surface area (Å²) in [4.78, 5) is 0. The van der Waals surface area contributed by atoms with Gasteiger partial charge in [0.15, 0.2) is 0 Å². The van der Waals surface area contributed by atoms with E-state index in [0.717, 1.165) is 24.3 Å². The van der Waals surface area contributed by atoms with E-state index in [1.54, 1.807) is 0 Å². The highest BCUT2D eigenvalue weighted by Crippen LogP contribution is 1.95. The first-order valence-electron chi connectivity index (χ1n) is 3.16. The molecule has 0 bridgehead atoms. The van der Waals surface area contributed by atoms with Crippen molar-refractivity contribution < 1.29 is 4.55 Å². The van der Waals surface area contributed by atoms with Gasteiger partial charge >= 0.3 is 0 Å². The van der Waals surface area contributed by atoms with E-state index in [9.17, 15) is 4.55 Å². The van der Waals surface area contributed by atoms with Crippen molar-refractivity contribution in [2.24, 2.45) is 0 Å². The lowest BCUT2D eigenvalue weighted by Gasteiger charge is -2.05. The fourth-order valence-corrected chi connectivity index (χ4v) is 1.35. The normalized spacial score (nSPS) is 13.9. The van der Waals surface area contributed by atoms with Gasteiger partial charge in [-0.1, -0.05) is 24.5 Å². The Balaban J connectivity index is 2.86. The van der Waals surface area contributed by atoms with Crippen LogP contribution in [-0.4, -0.2) is 16.1 Å². The number of hydrogen-bond acceptors (Lipinski definition) is 1. The van der Waals surface area contributed by atoms with E-state index < -0.39 is 11.2 Å². The first kappa shape index (κ1) is 8.31. The topological polar surface area (TPSA) is 23.1 Å². The molecule has 0 fully saturated rings. The molecule has 0 saturated heterocycles. The molecule has 1 atom stereocenters. The summed E-state index contributed by atoms with van der Waals surface area (Å²) in [6.45, 7) is 4.08. The zero-order chi connectivity index (χ0) is 6.41. The summed E-state index contributed by atoms with van der Waals surface area (Å²) >= 11 is -0.527. The third kappa shape index (κ3) is 4.47. The first-order chi connectivity index (χ1) is 3.81. The third-order valence-corrected chi connectivity index (χ3v) is 2.44. The van der Waals surface area contributed by atoms with Crippen molar-refractivity contribution in [1.82, 2.24) is 0 Å². The van der Waals surface area contributed by atoms with E-state index in [4.69, 9.17) is 0 Å². The third-order valence-electron chi connectivity index (χ3n) is 1.05. The van der Waals surface area contributed by atoms with Crippen molar-refractivity contribution >= 4 is 11.2 Å². The van der Waals surface area contributed by atoms with Gasteiger partial charge in [-0.2, -0.15) is 0 Å². The fraction of sp³-hybridized carbons (Fsp3) is 1.00. The summed E-state index contributed by atoms with van der Waals surface area (Å²) in [5, 5.41) is 0. The fourth-order valence-electron chi connectivity index (χ4n) is 0.450. The van der Waals surface area contributed by atoms with Crippen molar-refractivity contribution in [3.8, 4) is 0 Å². The summed E-state index contributed by atoms with van der Waals surface area (Å²) in [7, 11) is 0. The van der Waals surface area contributed by atoms with Crippen molar-refractivity contribution in [2.75, 3.05) is 11.5 Å². The Morgan fingerprint density at radius 3 is 2.38 bits per heavy atom. The van der Waals surface area contributed by atoms with Crippen LogP contribution in [-0.2, 0) is 11.2 Å². The summed E-state index contributed by atoms with van der Waals surface area (Å²) in [5.41, 5.74) is 0. The maximum absolute atomic E-state index is 10.7. The van der Waals surface area contributed by atoms with Crippen molar-refractivity contribution in [2.45, 2.75) is 26.7 Å². The minimum Gasteiger partial charge on any atom is -0.616 e. The van der Waals surface area contributed by atoms with Gasteiger partial charge in [-0.25, -0.2) is 0 Å². The van der Waals surface area contributed by atoms with E-state index >= 15 is 0 Å². The highest BCUT2D eigenvalue weighted by molar-refractivity contribution is 7.91. The van der Waals surface area contributed by atoms with Crippen molar-refractivity contribution in [1.29, 1.82) is 0 Å². The van der Waals surface area contributed by atoms with E-state index in [2.05, 4.69) is 6.92 Å². The highest BCUT2D eigenvalue weighted by atomic mass is 32.2. The van der Waals surface area contributed by atoms with Crippen LogP contribution in [0.2, 0.25) is 0 Å². The quantitative estimate of drug-likeness (QED) is 0.535. The standard InChI is InChI=1S/C6H14OS/c1-3-5-6-8(7)4-2/h3-6H2,1-2H3/t8-/m0/s1. The van der Waals surface area contributed by atoms with Crippen LogP contribution in [0.4, 0.5) is 0 Å². The SMILES string of the molecule is CCCC[S@@+]([O-])CC. The van der Waals surface area contributed by atoms with Gasteiger partial charge in [0.25, 0.3) is 0 Å². The van der Waals surface area contributed by atoms with Crippen molar-refractivity contribution in [3.05, 3.63) is 0 Å². The zero-order valence-electron chi connectivity index (χ0n) is 5.64. The number of unbranched alkanes of at least 4 members (excludes halogenated alkanes) is 1. The molecule has 1 nitrogen and oxygen atoms in total. The van der Waals surface area contributed by atoms with Crippen LogP contribution in [0.5, 0.6) is 0 Å². The molecule has 0 aromatic heterocycles. The van der Waals surface area contributed by atoms with E-state index in [1.807, 2.05) is 6.92 Å². The maximum Gasteiger partial charge on any atom is 0.105 e. The summed E-state index contributed by atoms with van der Waals surface area (Å²) in [5.74, 6) is 1.72. The predicted octanol–water partition coefficient (Wildman–Crippen LogP) is 1.56. The van der Waals surface area contributed by atoms with Crippen LogP contribution in [0.15, 0.2) is 0 Å². The maximum atomic E-state index is 10.7. The summed E-state index contributed by atoms with van der Waals surface area (Å²) in [6.07, 6.45) is 2.27. The van der Waals surface area contributed by atoms with E-state index in [1.165, 1.54) is 0 Å². The largest absolute Gasteiger partial charge is 0.616 e. The molecule has 0 N–H and O–H groups in total. The molecule has 0 spiro atoms. The smallest absolute Gasteiger partial charge is 0.105 e. The Morgan fingerprint density at radius 2 is 2.00 bits per heavy atom. The monoisotopic (exact) mass is 134 g/mol. The summed E-state index contributed by atoms with van der Waals surface area (Å²) < 4.78 is 10.7. The van der Waals surface area contributed by atoms with Gasteiger partial charge in [-0.3, -0.25) is 0 Å². The van der Waals surface area contributed by atoms with Gasteiger partial charge < -0.3 is 4.55 Å². The molecule has 0 aromatic rings. The molecule has 2 heteroatoms. The van der Waals surface area contributed by atoms with Gasteiger partial charge in [0, 0.05) is 0 Å². The number of rotatable bonds is 4. The van der Waals surface area contributed by atoms with E-state index in [0.29, 0.717) is 0 Å². The lowest BCUT2D eigenvalue weighted by molar-refractivity contribution is 0.593. The average Bonchev–Trinajstić information content (AvgIpc) is 1.83. The molecule has 8 heavy (non-hydrogen) atoms. The van der Waals surface area contributed by atoms with Crippen LogP contribution >= 0.6 is 0 Å². The lowest BCUT2D eigenvalue weighted by Crippen LogP contribution is -2.07. The molecule has 0 aliphatic heterocycles. The van der Waals surface area contributed by atoms with Crippen LogP contribution in [0.1, 0.15) is 26.7 Å². The Kier molecular flexibility index (Phi) is 5.66. The Hall–Kier alpha value is 0.310. The van der Waals surface area contributed by atoms with Gasteiger partial charge in [0.1, 0.15) is 11.5 Å². The second kappa shape index (κ2) is 5.45. The molecular formula is C6H14OS.